The first-order valence-corrected chi connectivity index (χ1v) is 9.12. The van der Waals surface area contributed by atoms with Gasteiger partial charge in [-0.25, -0.2) is 0 Å². The van der Waals surface area contributed by atoms with Crippen LogP contribution in [0.2, 0.25) is 0 Å². The molecule has 0 fully saturated rings. The van der Waals surface area contributed by atoms with Crippen LogP contribution in [0.15, 0.2) is 0 Å². The van der Waals surface area contributed by atoms with Gasteiger partial charge in [0.2, 0.25) is 5.69 Å². The van der Waals surface area contributed by atoms with Crippen molar-refractivity contribution in [3.05, 3.63) is 0 Å². The van der Waals surface area contributed by atoms with Crippen molar-refractivity contribution in [2.75, 3.05) is 21.3 Å². The Labute approximate surface area is 120 Å². The fraction of sp³-hybridized carbons (Fsp3) is 0.625. The highest BCUT2D eigenvalue weighted by atomic mass is 32.9. The predicted octanol–water partition coefficient (Wildman–Crippen LogP) is 1.67. The highest BCUT2D eigenvalue weighted by molar-refractivity contribution is 8.68. The summed E-state index contributed by atoms with van der Waals surface area (Å²) < 4.78 is 19.1. The molecule has 0 rings (SSSR count). The zero-order chi connectivity index (χ0) is 14.2. The van der Waals surface area contributed by atoms with E-state index >= 15 is 0 Å². The molecule has 0 heterocycles. The molecule has 0 bridgehead atoms. The number of ether oxygens (including phenoxy) is 2. The Kier molecular flexibility index (Phi) is 8.93. The standard InChI is InChI=1S/C8H13O6PS3/c1-11-8(10)6(4-7(9)14-5-16)18-15(17,12-2)13-3/h5-6H,4H2,1-3H3. The summed E-state index contributed by atoms with van der Waals surface area (Å²) in [7, 11) is 3.96. The van der Waals surface area contributed by atoms with Gasteiger partial charge < -0.3 is 18.5 Å². The largest absolute Gasteiger partial charge is 0.468 e. The maximum absolute atomic E-state index is 11.5. The molecule has 0 aliphatic heterocycles. The second-order valence-corrected chi connectivity index (χ2v) is 9.53. The van der Waals surface area contributed by atoms with Crippen molar-refractivity contribution in [2.24, 2.45) is 0 Å². The smallest absolute Gasteiger partial charge is 0.319 e. The fourth-order valence-electron chi connectivity index (χ4n) is 0.865. The summed E-state index contributed by atoms with van der Waals surface area (Å²) in [4.78, 5) is 22.8. The van der Waals surface area contributed by atoms with E-state index in [0.29, 0.717) is 0 Å². The molecule has 1 atom stereocenters. The van der Waals surface area contributed by atoms with Crippen LogP contribution >= 0.6 is 29.3 Å². The van der Waals surface area contributed by atoms with Gasteiger partial charge >= 0.3 is 11.9 Å². The normalized spacial score (nSPS) is 12.6. The van der Waals surface area contributed by atoms with Crippen LogP contribution in [0, 0.1) is 0 Å². The first-order chi connectivity index (χ1) is 8.42. The maximum atomic E-state index is 11.5. The molecule has 0 radical (unpaired) electrons. The quantitative estimate of drug-likeness (QED) is 0.375. The Balaban J connectivity index is 4.79. The van der Waals surface area contributed by atoms with E-state index in [-0.39, 0.29) is 6.42 Å². The molecule has 0 aromatic rings. The molecule has 0 aromatic carbocycles. The molecule has 18 heavy (non-hydrogen) atoms. The number of carbonyl (C=O) groups is 2. The molecule has 0 amide bonds. The van der Waals surface area contributed by atoms with Crippen LogP contribution in [0.5, 0.6) is 0 Å². The Bertz CT molecular complexity index is 353. The topological polar surface area (TPSA) is 71.1 Å². The van der Waals surface area contributed by atoms with Gasteiger partial charge in [-0.15, -0.1) is 0 Å². The average Bonchev–Trinajstić information content (AvgIpc) is 2.37. The van der Waals surface area contributed by atoms with Crippen LogP contribution in [0.4, 0.5) is 0 Å². The highest BCUT2D eigenvalue weighted by Crippen LogP contribution is 2.62. The van der Waals surface area contributed by atoms with Crippen LogP contribution in [0.25, 0.3) is 0 Å². The summed E-state index contributed by atoms with van der Waals surface area (Å²) in [6.07, 6.45) is -0.227. The molecule has 0 spiro atoms. The van der Waals surface area contributed by atoms with Gasteiger partial charge in [-0.1, -0.05) is 11.4 Å². The lowest BCUT2D eigenvalue weighted by molar-refractivity contribution is -0.144. The minimum Gasteiger partial charge on any atom is -0.468 e. The zero-order valence-corrected chi connectivity index (χ0v) is 13.3. The lowest BCUT2D eigenvalue weighted by Crippen LogP contribution is -2.23. The molecule has 6 nitrogen and oxygen atoms in total. The van der Waals surface area contributed by atoms with Crippen LogP contribution < -0.4 is 0 Å². The molecule has 0 saturated heterocycles. The summed E-state index contributed by atoms with van der Waals surface area (Å²) in [5.41, 5.74) is -1.85. The lowest BCUT2D eigenvalue weighted by Gasteiger charge is -2.21. The molecule has 0 aromatic heterocycles. The van der Waals surface area contributed by atoms with E-state index in [1.54, 1.807) is 0 Å². The number of thiocarbonyl (C=S) groups is 1. The van der Waals surface area contributed by atoms with Gasteiger partial charge in [0, 0.05) is 14.2 Å². The number of rotatable bonds is 8. The second kappa shape index (κ2) is 8.95. The molecular weight excluding hydrogens is 319 g/mol. The Hall–Kier alpha value is -0.0500. The average molecular weight is 332 g/mol. The molecule has 0 aliphatic rings. The number of esters is 2. The Morgan fingerprint density at radius 1 is 1.33 bits per heavy atom. The van der Waals surface area contributed by atoms with Gasteiger partial charge in [-0.3, -0.25) is 9.59 Å². The number of methoxy groups -OCH3 is 1. The zero-order valence-electron chi connectivity index (χ0n) is 9.98. The van der Waals surface area contributed by atoms with Gasteiger partial charge in [-0.2, -0.15) is 0 Å². The van der Waals surface area contributed by atoms with Crippen molar-refractivity contribution in [1.82, 2.24) is 0 Å². The van der Waals surface area contributed by atoms with E-state index in [1.807, 2.05) is 0 Å². The second-order valence-electron chi connectivity index (χ2n) is 2.72. The molecular formula is C8H13O6PS3. The molecule has 10 heteroatoms. The van der Waals surface area contributed by atoms with E-state index < -0.39 is 22.9 Å². The molecule has 0 aliphatic carbocycles. The number of hydrogen-bond donors (Lipinski definition) is 0. The molecule has 1 unspecified atom stereocenters. The third-order valence-corrected chi connectivity index (χ3v) is 7.66. The van der Waals surface area contributed by atoms with E-state index in [9.17, 15) is 9.59 Å². The first kappa shape index (κ1) is 17.9. The van der Waals surface area contributed by atoms with Crippen molar-refractivity contribution >= 4 is 58.6 Å². The van der Waals surface area contributed by atoms with Crippen LogP contribution in [0.3, 0.4) is 0 Å². The third-order valence-electron chi connectivity index (χ3n) is 1.70. The Morgan fingerprint density at radius 2 is 1.89 bits per heavy atom. The molecule has 0 saturated carbocycles. The van der Waals surface area contributed by atoms with Crippen molar-refractivity contribution in [3.8, 4) is 0 Å². The van der Waals surface area contributed by atoms with Crippen molar-refractivity contribution in [2.45, 2.75) is 11.7 Å². The maximum Gasteiger partial charge on any atom is 0.319 e. The van der Waals surface area contributed by atoms with E-state index in [4.69, 9.17) is 20.9 Å². The van der Waals surface area contributed by atoms with Crippen molar-refractivity contribution in [1.29, 1.82) is 0 Å². The van der Waals surface area contributed by atoms with E-state index in [1.165, 1.54) is 21.3 Å². The van der Waals surface area contributed by atoms with Gasteiger partial charge in [0.05, 0.1) is 13.5 Å². The highest BCUT2D eigenvalue weighted by Gasteiger charge is 2.31. The van der Waals surface area contributed by atoms with Crippen LogP contribution in [-0.4, -0.2) is 44.1 Å². The summed E-state index contributed by atoms with van der Waals surface area (Å²) in [6, 6.07) is 0. The van der Waals surface area contributed by atoms with Gasteiger partial charge in [0.25, 0.3) is 0 Å². The minimum absolute atomic E-state index is 0.227. The molecule has 0 N–H and O–H groups in total. The lowest BCUT2D eigenvalue weighted by atomic mass is 10.3. The van der Waals surface area contributed by atoms with Gasteiger partial charge in [-0.05, 0) is 24.0 Å². The summed E-state index contributed by atoms with van der Waals surface area (Å²) >= 11 is 10.4. The van der Waals surface area contributed by atoms with E-state index in [0.717, 1.165) is 16.9 Å². The van der Waals surface area contributed by atoms with Crippen molar-refractivity contribution < 1.29 is 28.1 Å². The number of hydrogen-bond acceptors (Lipinski definition) is 9. The third kappa shape index (κ3) is 6.21. The molecule has 104 valence electrons. The van der Waals surface area contributed by atoms with Crippen molar-refractivity contribution in [3.63, 3.8) is 0 Å². The van der Waals surface area contributed by atoms with Gasteiger partial charge in [0.1, 0.15) is 5.25 Å². The summed E-state index contributed by atoms with van der Waals surface area (Å²) in [5, 5.41) is -0.858. The number of carbonyl (C=O) groups excluding carboxylic acids is 2. The predicted molar refractivity (Wildman–Crippen MR) is 76.1 cm³/mol. The van der Waals surface area contributed by atoms with Gasteiger partial charge in [0.15, 0.2) is 5.55 Å². The Morgan fingerprint density at radius 3 is 2.28 bits per heavy atom. The van der Waals surface area contributed by atoms with Crippen LogP contribution in [-0.2, 0) is 39.9 Å². The summed E-state index contributed by atoms with van der Waals surface area (Å²) in [5.74, 6) is -1.26. The van der Waals surface area contributed by atoms with Crippen LogP contribution in [0.1, 0.15) is 6.42 Å². The van der Waals surface area contributed by atoms with E-state index in [2.05, 4.69) is 21.7 Å². The minimum atomic E-state index is -2.67. The first-order valence-electron chi connectivity index (χ1n) is 4.53. The monoisotopic (exact) mass is 332 g/mol. The fourth-order valence-corrected chi connectivity index (χ4v) is 4.87. The SMILES string of the molecule is COC(=O)C(CC(=O)OC=S)SP(=S)(OC)OC. The summed E-state index contributed by atoms with van der Waals surface area (Å²) in [6.45, 7) is 0.